The fourth-order valence-corrected chi connectivity index (χ4v) is 0.898. The van der Waals surface area contributed by atoms with Crippen molar-refractivity contribution in [3.05, 3.63) is 0 Å². The molecule has 10 heavy (non-hydrogen) atoms. The molecule has 0 bridgehead atoms. The van der Waals surface area contributed by atoms with Gasteiger partial charge in [0.2, 0.25) is 5.91 Å². The van der Waals surface area contributed by atoms with Crippen LogP contribution in [0.5, 0.6) is 0 Å². The number of carbonyl (C=O) groups excluding carboxylic acids is 1. The predicted molar refractivity (Wildman–Crippen MR) is 38.3 cm³/mol. The maximum atomic E-state index is 10.5. The molecule has 1 aliphatic heterocycles. The van der Waals surface area contributed by atoms with E-state index in [-0.39, 0.29) is 7.33 Å². The maximum Gasteiger partial charge on any atom is 0.231 e. The van der Waals surface area contributed by atoms with Crippen molar-refractivity contribution in [3.8, 4) is 0 Å². The number of morpholine rings is 1. The van der Waals surface area contributed by atoms with E-state index in [0.717, 1.165) is 13.1 Å². The fourth-order valence-electron chi connectivity index (χ4n) is 0.898. The lowest BCUT2D eigenvalue weighted by atomic mass is 10.5. The van der Waals surface area contributed by atoms with Crippen LogP contribution in [-0.4, -0.2) is 37.2 Å². The first-order chi connectivity index (χ1) is 4.79. The smallest absolute Gasteiger partial charge is 0.231 e. The third kappa shape index (κ3) is 2.33. The van der Waals surface area contributed by atoms with Crippen LogP contribution >= 0.6 is 0 Å². The minimum absolute atomic E-state index is 0. The zero-order chi connectivity index (χ0) is 7.40. The molecule has 0 radical (unpaired) electrons. The molecule has 1 fully saturated rings. The third-order valence-corrected chi connectivity index (χ3v) is 1.33. The van der Waals surface area contributed by atoms with Crippen molar-refractivity contribution in [2.24, 2.45) is 0 Å². The summed E-state index contributed by atoms with van der Waals surface area (Å²) < 4.78 is 5.09. The van der Waals surface area contributed by atoms with Crippen LogP contribution in [0.15, 0.2) is 0 Å². The molecular weight excluding hydrogens is 132 g/mol. The van der Waals surface area contributed by atoms with Gasteiger partial charge in [-0.15, -0.1) is 0 Å². The second kappa shape index (κ2) is 3.53. The third-order valence-electron chi connectivity index (χ3n) is 1.33. The molecule has 1 amide bonds. The highest BCUT2D eigenvalue weighted by Gasteiger charge is 2.09. The van der Waals surface area contributed by atoms with E-state index in [1.807, 2.05) is 5.01 Å². The Kier molecular flexibility index (Phi) is 2.65. The number of ether oxygens (including phenoxy) is 1. The zero-order valence-corrected chi connectivity index (χ0v) is 6.09. The Hall–Kier alpha value is -0.610. The molecule has 0 saturated carbocycles. The molecule has 1 saturated heterocycles. The van der Waals surface area contributed by atoms with Crippen molar-refractivity contribution in [2.45, 2.75) is 6.92 Å². The normalized spacial score (nSPS) is 20.5. The lowest BCUT2D eigenvalue weighted by molar-refractivity contribution is -0.125. The van der Waals surface area contributed by atoms with E-state index in [1.54, 1.807) is 0 Å². The van der Waals surface area contributed by atoms with E-state index < -0.39 is 0 Å². The summed E-state index contributed by atoms with van der Waals surface area (Å²) >= 11 is 0. The molecule has 0 unspecified atom stereocenters. The number of hydrogen-bond acceptors (Lipinski definition) is 3. The van der Waals surface area contributed by atoms with Gasteiger partial charge in [-0.25, -0.2) is 5.01 Å². The van der Waals surface area contributed by atoms with E-state index in [9.17, 15) is 4.79 Å². The summed E-state index contributed by atoms with van der Waals surface area (Å²) in [6, 6.07) is 0. The van der Waals surface area contributed by atoms with Gasteiger partial charge in [0.05, 0.1) is 13.2 Å². The second-order valence-corrected chi connectivity index (χ2v) is 2.27. The van der Waals surface area contributed by atoms with Crippen LogP contribution in [0.3, 0.4) is 0 Å². The van der Waals surface area contributed by atoms with Crippen LogP contribution in [-0.2, 0) is 9.53 Å². The largest absolute Gasteiger partial charge is 0.379 e. The topological polar surface area (TPSA) is 41.6 Å². The molecule has 0 aromatic heterocycles. The van der Waals surface area contributed by atoms with Gasteiger partial charge >= 0.3 is 0 Å². The van der Waals surface area contributed by atoms with Gasteiger partial charge in [0, 0.05) is 21.4 Å². The van der Waals surface area contributed by atoms with Crippen LogP contribution in [0.25, 0.3) is 0 Å². The lowest BCUT2D eigenvalue weighted by Gasteiger charge is -2.26. The molecule has 1 N–H and O–H groups in total. The van der Waals surface area contributed by atoms with Crippen molar-refractivity contribution in [1.29, 1.82) is 0 Å². The Morgan fingerprint density at radius 3 is 2.70 bits per heavy atom. The van der Waals surface area contributed by atoms with Gasteiger partial charge in [-0.2, -0.15) is 0 Å². The van der Waals surface area contributed by atoms with Gasteiger partial charge in [0.15, 0.2) is 0 Å². The summed E-state index contributed by atoms with van der Waals surface area (Å²) in [4.78, 5) is 10.5. The zero-order valence-electron chi connectivity index (χ0n) is 6.09. The first kappa shape index (κ1) is 7.50. The van der Waals surface area contributed by atoms with Gasteiger partial charge in [-0.05, 0) is 0 Å². The Labute approximate surface area is 61.6 Å². The van der Waals surface area contributed by atoms with Gasteiger partial charge < -0.3 is 4.74 Å². The van der Waals surface area contributed by atoms with Crippen molar-refractivity contribution in [1.82, 2.24) is 10.4 Å². The first-order valence-electron chi connectivity index (χ1n) is 3.39. The molecule has 0 aromatic carbocycles. The van der Waals surface area contributed by atoms with Gasteiger partial charge in [-0.1, -0.05) is 0 Å². The highest BCUT2D eigenvalue weighted by Crippen LogP contribution is 1.91. The Bertz CT molecular complexity index is 126. The van der Waals surface area contributed by atoms with Crippen molar-refractivity contribution in [3.63, 3.8) is 0 Å². The molecule has 1 heterocycles. The highest BCUT2D eigenvalue weighted by molar-refractivity contribution is 5.72. The summed E-state index contributed by atoms with van der Waals surface area (Å²) in [5, 5.41) is 1.87. The lowest BCUT2D eigenvalue weighted by Crippen LogP contribution is -2.47. The van der Waals surface area contributed by atoms with Crippen LogP contribution in [0.2, 0.25) is 0 Å². The predicted octanol–water partition coefficient (Wildman–Crippen LogP) is -0.384. The van der Waals surface area contributed by atoms with E-state index >= 15 is 0 Å². The number of hydrazine groups is 1. The van der Waals surface area contributed by atoms with Gasteiger partial charge in [0.1, 0.15) is 0 Å². The average Bonchev–Trinajstić information content (AvgIpc) is 1.88. The Morgan fingerprint density at radius 2 is 2.20 bits per heavy atom. The number of amides is 1. The molecule has 0 aromatic rings. The molecule has 0 atom stereocenters. The minimum atomic E-state index is -0.0121. The first-order valence-corrected chi connectivity index (χ1v) is 3.39. The van der Waals surface area contributed by atoms with Crippen LogP contribution in [0.4, 0.5) is 0 Å². The summed E-state index contributed by atoms with van der Waals surface area (Å²) in [5.41, 5.74) is 2.70. The van der Waals surface area contributed by atoms with E-state index in [1.165, 1.54) is 6.92 Å². The molecular formula is C6H14N2O2. The molecule has 4 heteroatoms. The fraction of sp³-hybridized carbons (Fsp3) is 0.833. The minimum Gasteiger partial charge on any atom is -0.379 e. The molecule has 4 nitrogen and oxygen atoms in total. The molecule has 1 rings (SSSR count). The number of nitrogens with zero attached hydrogens (tertiary/aromatic N) is 1. The standard InChI is InChI=1S/C6H12N2O2.H2/c1-6(9)7-8-2-4-10-5-3-8;/h2-5H2,1H3,(H,7,9);1H. The van der Waals surface area contributed by atoms with Crippen LogP contribution in [0.1, 0.15) is 8.35 Å². The average molecular weight is 146 g/mol. The summed E-state index contributed by atoms with van der Waals surface area (Å²) in [6.07, 6.45) is 0. The quantitative estimate of drug-likeness (QED) is 0.548. The van der Waals surface area contributed by atoms with Crippen molar-refractivity contribution >= 4 is 5.91 Å². The van der Waals surface area contributed by atoms with E-state index in [0.29, 0.717) is 13.2 Å². The monoisotopic (exact) mass is 146 g/mol. The Balaban J connectivity index is 0.000001000. The number of nitrogens with one attached hydrogen (secondary N) is 1. The molecule has 0 spiro atoms. The number of hydrogen-bond donors (Lipinski definition) is 1. The molecule has 60 valence electrons. The van der Waals surface area contributed by atoms with Gasteiger partial charge in [0.25, 0.3) is 0 Å². The maximum absolute atomic E-state index is 10.5. The van der Waals surface area contributed by atoms with E-state index in [4.69, 9.17) is 4.74 Å². The summed E-state index contributed by atoms with van der Waals surface area (Å²) in [6.45, 7) is 4.51. The molecule has 0 aliphatic carbocycles. The van der Waals surface area contributed by atoms with Crippen LogP contribution in [0, 0.1) is 0 Å². The van der Waals surface area contributed by atoms with Gasteiger partial charge in [-0.3, -0.25) is 10.2 Å². The second-order valence-electron chi connectivity index (χ2n) is 2.27. The SMILES string of the molecule is CC(=O)NN1CCOCC1.[HH]. The van der Waals surface area contributed by atoms with E-state index in [2.05, 4.69) is 5.43 Å². The molecule has 1 aliphatic rings. The highest BCUT2D eigenvalue weighted by atomic mass is 16.5. The van der Waals surface area contributed by atoms with Crippen molar-refractivity contribution < 1.29 is 11.0 Å². The Morgan fingerprint density at radius 1 is 1.60 bits per heavy atom. The number of rotatable bonds is 1. The van der Waals surface area contributed by atoms with Crippen LogP contribution < -0.4 is 5.43 Å². The van der Waals surface area contributed by atoms with Crippen molar-refractivity contribution in [2.75, 3.05) is 26.3 Å². The number of carbonyl (C=O) groups is 1. The summed E-state index contributed by atoms with van der Waals surface area (Å²) in [5.74, 6) is -0.0121. The summed E-state index contributed by atoms with van der Waals surface area (Å²) in [7, 11) is 0.